The Morgan fingerprint density at radius 3 is 2.71 bits per heavy atom. The van der Waals surface area contributed by atoms with Gasteiger partial charge in [0.1, 0.15) is 11.6 Å². The van der Waals surface area contributed by atoms with Crippen LogP contribution in [0.1, 0.15) is 64.0 Å². The first-order chi connectivity index (χ1) is 14.7. The van der Waals surface area contributed by atoms with Gasteiger partial charge >= 0.3 is 0 Å². The summed E-state index contributed by atoms with van der Waals surface area (Å²) in [5.41, 5.74) is 2.44. The quantitative estimate of drug-likeness (QED) is 0.511. The summed E-state index contributed by atoms with van der Waals surface area (Å²) >= 11 is 1.55. The summed E-state index contributed by atoms with van der Waals surface area (Å²) in [6.45, 7) is 8.41. The maximum atomic E-state index is 13.3. The van der Waals surface area contributed by atoms with Crippen molar-refractivity contribution in [2.45, 2.75) is 63.3 Å². The first-order valence-corrected chi connectivity index (χ1v) is 11.6. The Balaban J connectivity index is 1.94. The van der Waals surface area contributed by atoms with E-state index in [4.69, 9.17) is 9.72 Å². The van der Waals surface area contributed by atoms with Gasteiger partial charge in [0.05, 0.1) is 18.6 Å². The lowest BCUT2D eigenvalue weighted by Crippen LogP contribution is -2.37. The number of Topliss-reactive ketones (excluding diaryl/α,β-unsaturated/α-hetero) is 1. The van der Waals surface area contributed by atoms with E-state index in [2.05, 4.69) is 38.0 Å². The Kier molecular flexibility index (Phi) is 5.73. The molecule has 1 aliphatic heterocycles. The third kappa shape index (κ3) is 4.03. The highest BCUT2D eigenvalue weighted by molar-refractivity contribution is 7.99. The maximum Gasteiger partial charge on any atom is 0.257 e. The number of hydrogen-bond acceptors (Lipinski definition) is 6. The van der Waals surface area contributed by atoms with Crippen LogP contribution in [0, 0.1) is 5.41 Å². The number of rotatable bonds is 5. The second-order valence-corrected chi connectivity index (χ2v) is 10.5. The van der Waals surface area contributed by atoms with Crippen LogP contribution in [-0.4, -0.2) is 28.1 Å². The molecule has 2 atom stereocenters. The second-order valence-electron chi connectivity index (χ2n) is 9.10. The Bertz CT molecular complexity index is 1120. The summed E-state index contributed by atoms with van der Waals surface area (Å²) in [7, 11) is 1.61. The molecule has 1 aliphatic carbocycles. The number of hydrogen-bond donors (Lipinski definition) is 2. The van der Waals surface area contributed by atoms with Crippen molar-refractivity contribution < 1.29 is 9.53 Å². The van der Waals surface area contributed by atoms with E-state index in [1.165, 1.54) is 0 Å². The molecule has 0 saturated carbocycles. The van der Waals surface area contributed by atoms with E-state index >= 15 is 0 Å². The molecule has 0 saturated heterocycles. The monoisotopic (exact) mass is 439 g/mol. The number of carbonyl (C=O) groups is 1. The van der Waals surface area contributed by atoms with Crippen molar-refractivity contribution in [3.05, 3.63) is 57.0 Å². The molecule has 2 N–H and O–H groups in total. The van der Waals surface area contributed by atoms with Crippen molar-refractivity contribution >= 4 is 23.4 Å². The fraction of sp³-hybridized carbons (Fsp3) is 0.458. The van der Waals surface area contributed by atoms with Crippen molar-refractivity contribution in [1.29, 1.82) is 0 Å². The molecule has 0 bridgehead atoms. The largest absolute Gasteiger partial charge is 0.496 e. The van der Waals surface area contributed by atoms with E-state index < -0.39 is 5.92 Å². The van der Waals surface area contributed by atoms with Gasteiger partial charge in [-0.05, 0) is 24.3 Å². The highest BCUT2D eigenvalue weighted by atomic mass is 32.2. The predicted octanol–water partition coefficient (Wildman–Crippen LogP) is 4.87. The first-order valence-electron chi connectivity index (χ1n) is 10.7. The zero-order chi connectivity index (χ0) is 22.3. The number of H-pyrrole nitrogens is 1. The summed E-state index contributed by atoms with van der Waals surface area (Å²) in [4.78, 5) is 34.4. The molecule has 7 heteroatoms. The lowest BCUT2D eigenvalue weighted by Gasteiger charge is -2.38. The molecule has 164 valence electrons. The number of nitrogens with one attached hydrogen (secondary N) is 2. The normalized spacial score (nSPS) is 20.5. The Morgan fingerprint density at radius 2 is 2.00 bits per heavy atom. The second kappa shape index (κ2) is 8.19. The average Bonchev–Trinajstić information content (AvgIpc) is 2.71. The number of nitrogens with zero attached hydrogens (tertiary/aromatic N) is 1. The summed E-state index contributed by atoms with van der Waals surface area (Å²) in [6, 6.07) is 7.59. The summed E-state index contributed by atoms with van der Waals surface area (Å²) in [6.07, 6.45) is 2.14. The van der Waals surface area contributed by atoms with E-state index in [0.717, 1.165) is 24.1 Å². The minimum atomic E-state index is -0.509. The molecule has 2 aromatic rings. The molecule has 1 aromatic carbocycles. The number of ether oxygens (including phenoxy) is 1. The van der Waals surface area contributed by atoms with E-state index in [9.17, 15) is 9.59 Å². The summed E-state index contributed by atoms with van der Waals surface area (Å²) < 4.78 is 5.61. The molecule has 2 aliphatic rings. The first kappa shape index (κ1) is 21.7. The van der Waals surface area contributed by atoms with Crippen LogP contribution in [0.15, 0.2) is 45.5 Å². The molecule has 4 rings (SSSR count). The maximum absolute atomic E-state index is 13.3. The van der Waals surface area contributed by atoms with Crippen LogP contribution in [-0.2, 0) is 4.79 Å². The number of aromatic amines is 1. The van der Waals surface area contributed by atoms with Gasteiger partial charge in [0.25, 0.3) is 5.56 Å². The zero-order valence-electron chi connectivity index (χ0n) is 18.7. The number of ketones is 1. The van der Waals surface area contributed by atoms with E-state index in [-0.39, 0.29) is 16.8 Å². The van der Waals surface area contributed by atoms with Gasteiger partial charge in [0.15, 0.2) is 10.9 Å². The third-order valence-electron chi connectivity index (χ3n) is 6.04. The number of anilines is 1. The average molecular weight is 440 g/mol. The molecule has 31 heavy (non-hydrogen) atoms. The summed E-state index contributed by atoms with van der Waals surface area (Å²) in [5.74, 6) is 0.750. The molecule has 2 unspecified atom stereocenters. The molecule has 2 heterocycles. The number of benzene rings is 1. The standard InChI is InChI=1S/C24H29N3O3S/c1-6-13(2)31-23-26-21-20(22(29)27-23)18(14-9-7-8-10-17(14)30-5)19-15(25-21)11-24(3,4)12-16(19)28/h7-10,13,18H,6,11-12H2,1-5H3,(H2,25,26,27,29). The van der Waals surface area contributed by atoms with Crippen molar-refractivity contribution in [2.75, 3.05) is 12.4 Å². The van der Waals surface area contributed by atoms with Crippen LogP contribution in [0.4, 0.5) is 5.82 Å². The molecule has 0 fully saturated rings. The van der Waals surface area contributed by atoms with Gasteiger partial charge in [0.2, 0.25) is 0 Å². The Morgan fingerprint density at radius 1 is 1.26 bits per heavy atom. The van der Waals surface area contributed by atoms with Gasteiger partial charge in [-0.3, -0.25) is 9.59 Å². The van der Waals surface area contributed by atoms with Crippen molar-refractivity contribution in [3.63, 3.8) is 0 Å². The van der Waals surface area contributed by atoms with Crippen LogP contribution in [0.3, 0.4) is 0 Å². The van der Waals surface area contributed by atoms with Gasteiger partial charge < -0.3 is 15.0 Å². The fourth-order valence-electron chi connectivity index (χ4n) is 4.44. The number of para-hydroxylation sites is 1. The van der Waals surface area contributed by atoms with Crippen LogP contribution in [0.2, 0.25) is 0 Å². The van der Waals surface area contributed by atoms with E-state index in [0.29, 0.717) is 39.5 Å². The highest BCUT2D eigenvalue weighted by Crippen LogP contribution is 2.49. The number of allylic oxidation sites excluding steroid dienone is 2. The van der Waals surface area contributed by atoms with Gasteiger partial charge in [0, 0.05) is 28.5 Å². The van der Waals surface area contributed by atoms with E-state index in [1.54, 1.807) is 18.9 Å². The van der Waals surface area contributed by atoms with Crippen molar-refractivity contribution in [3.8, 4) is 5.75 Å². The minimum absolute atomic E-state index is 0.0674. The van der Waals surface area contributed by atoms with E-state index in [1.807, 2.05) is 24.3 Å². The lowest BCUT2D eigenvalue weighted by atomic mass is 9.69. The molecule has 0 spiro atoms. The van der Waals surface area contributed by atoms with Gasteiger partial charge in [-0.15, -0.1) is 0 Å². The van der Waals surface area contributed by atoms with Crippen LogP contribution >= 0.6 is 11.8 Å². The molecule has 6 nitrogen and oxygen atoms in total. The predicted molar refractivity (Wildman–Crippen MR) is 124 cm³/mol. The number of aromatic nitrogens is 2. The SMILES string of the molecule is CCC(C)Sc1nc2c(c(=O)[nH]1)C(c1ccccc1OC)C1=C(CC(C)(C)CC1=O)N2. The Labute approximate surface area is 186 Å². The number of thioether (sulfide) groups is 1. The van der Waals surface area contributed by atoms with Gasteiger partial charge in [-0.25, -0.2) is 4.98 Å². The van der Waals surface area contributed by atoms with Gasteiger partial charge in [-0.2, -0.15) is 0 Å². The Hall–Kier alpha value is -2.54. The highest BCUT2D eigenvalue weighted by Gasteiger charge is 2.43. The molecule has 0 radical (unpaired) electrons. The fourth-order valence-corrected chi connectivity index (χ4v) is 5.28. The van der Waals surface area contributed by atoms with Crippen LogP contribution in [0.5, 0.6) is 5.75 Å². The minimum Gasteiger partial charge on any atom is -0.496 e. The topological polar surface area (TPSA) is 84.1 Å². The summed E-state index contributed by atoms with van der Waals surface area (Å²) in [5, 5.41) is 4.29. The zero-order valence-corrected chi connectivity index (χ0v) is 19.5. The molecule has 0 amide bonds. The smallest absolute Gasteiger partial charge is 0.257 e. The van der Waals surface area contributed by atoms with Crippen molar-refractivity contribution in [1.82, 2.24) is 9.97 Å². The number of methoxy groups -OCH3 is 1. The van der Waals surface area contributed by atoms with Crippen molar-refractivity contribution in [2.24, 2.45) is 5.41 Å². The lowest BCUT2D eigenvalue weighted by molar-refractivity contribution is -0.118. The molecular formula is C24H29N3O3S. The van der Waals surface area contributed by atoms with Gasteiger partial charge in [-0.1, -0.05) is 57.7 Å². The van der Waals surface area contributed by atoms with Crippen LogP contribution < -0.4 is 15.6 Å². The number of carbonyl (C=O) groups excluding carboxylic acids is 1. The third-order valence-corrected chi connectivity index (χ3v) is 7.19. The number of fused-ring (bicyclic) bond motifs is 1. The molecular weight excluding hydrogens is 410 g/mol. The van der Waals surface area contributed by atoms with Crippen LogP contribution in [0.25, 0.3) is 0 Å². The molecule has 1 aromatic heterocycles.